The average molecular weight is 224 g/mol. The van der Waals surface area contributed by atoms with E-state index >= 15 is 0 Å². The maximum Gasteiger partial charge on any atom is 0.331 e. The molecule has 0 aromatic carbocycles. The zero-order chi connectivity index (χ0) is 12.1. The number of rotatable bonds is 1. The smallest absolute Gasteiger partial charge is 0.277 e. The van der Waals surface area contributed by atoms with Crippen molar-refractivity contribution in [3.63, 3.8) is 0 Å². The third-order valence-electron chi connectivity index (χ3n) is 3.70. The fourth-order valence-corrected chi connectivity index (χ4v) is 2.18. The van der Waals surface area contributed by atoms with Gasteiger partial charge in [0.25, 0.3) is 0 Å². The van der Waals surface area contributed by atoms with Crippen LogP contribution in [0.15, 0.2) is 0 Å². The van der Waals surface area contributed by atoms with Crippen molar-refractivity contribution in [3.8, 4) is 0 Å². The molecule has 5 nitrogen and oxygen atoms in total. The molecular weight excluding hydrogens is 208 g/mol. The van der Waals surface area contributed by atoms with Gasteiger partial charge in [0.15, 0.2) is 0 Å². The molecule has 1 saturated carbocycles. The molecule has 0 radical (unpaired) electrons. The van der Waals surface area contributed by atoms with E-state index in [1.54, 1.807) is 13.8 Å². The first-order valence-corrected chi connectivity index (χ1v) is 5.49. The molecule has 1 saturated heterocycles. The predicted molar refractivity (Wildman–Crippen MR) is 56.4 cm³/mol. The van der Waals surface area contributed by atoms with Crippen molar-refractivity contribution >= 4 is 17.8 Å². The highest BCUT2D eigenvalue weighted by atomic mass is 16.2. The van der Waals surface area contributed by atoms with Gasteiger partial charge in [0.05, 0.1) is 0 Å². The van der Waals surface area contributed by atoms with Crippen LogP contribution < -0.4 is 5.32 Å². The van der Waals surface area contributed by atoms with Crippen molar-refractivity contribution in [2.75, 3.05) is 0 Å². The molecule has 5 heteroatoms. The Kier molecular flexibility index (Phi) is 2.12. The Morgan fingerprint density at radius 2 is 1.69 bits per heavy atom. The van der Waals surface area contributed by atoms with E-state index in [0.29, 0.717) is 0 Å². The highest BCUT2D eigenvalue weighted by molar-refractivity contribution is 6.19. The van der Waals surface area contributed by atoms with Gasteiger partial charge in [0.1, 0.15) is 5.41 Å². The number of imide groups is 2. The lowest BCUT2D eigenvalue weighted by Crippen LogP contribution is -2.69. The largest absolute Gasteiger partial charge is 0.331 e. The minimum atomic E-state index is -1.15. The van der Waals surface area contributed by atoms with E-state index in [9.17, 15) is 14.4 Å². The summed E-state index contributed by atoms with van der Waals surface area (Å²) >= 11 is 0. The lowest BCUT2D eigenvalue weighted by molar-refractivity contribution is -0.155. The van der Waals surface area contributed by atoms with Gasteiger partial charge < -0.3 is 0 Å². The van der Waals surface area contributed by atoms with Crippen molar-refractivity contribution in [3.05, 3.63) is 0 Å². The molecule has 0 aromatic heterocycles. The molecular formula is C11H16N2O3. The molecule has 1 aliphatic carbocycles. The Morgan fingerprint density at radius 1 is 1.12 bits per heavy atom. The molecule has 0 aromatic rings. The first kappa shape index (κ1) is 11.1. The minimum Gasteiger partial charge on any atom is -0.277 e. The number of carbonyl (C=O) groups is 3. The summed E-state index contributed by atoms with van der Waals surface area (Å²) in [6, 6.07) is -0.573. The van der Waals surface area contributed by atoms with Gasteiger partial charge in [-0.3, -0.25) is 19.8 Å². The lowest BCUT2D eigenvalue weighted by atomic mass is 9.75. The summed E-state index contributed by atoms with van der Waals surface area (Å²) < 4.78 is 0. The Balaban J connectivity index is 2.35. The monoisotopic (exact) mass is 224 g/mol. The SMILES string of the molecule is CC1(C)C(=O)NC(=O)N(C2(C)CCC2)C1=O. The normalized spacial score (nSPS) is 27.4. The van der Waals surface area contributed by atoms with Crippen LogP contribution in [0, 0.1) is 5.41 Å². The maximum atomic E-state index is 12.2. The number of hydrogen-bond acceptors (Lipinski definition) is 3. The van der Waals surface area contributed by atoms with E-state index in [2.05, 4.69) is 5.32 Å². The van der Waals surface area contributed by atoms with Crippen LogP contribution in [-0.4, -0.2) is 28.3 Å². The van der Waals surface area contributed by atoms with E-state index < -0.39 is 22.9 Å². The second-order valence-electron chi connectivity index (χ2n) is 5.38. The van der Waals surface area contributed by atoms with Crippen molar-refractivity contribution in [2.24, 2.45) is 5.41 Å². The Morgan fingerprint density at radius 3 is 2.12 bits per heavy atom. The zero-order valence-corrected chi connectivity index (χ0v) is 9.79. The Labute approximate surface area is 94.2 Å². The summed E-state index contributed by atoms with van der Waals surface area (Å²) in [6.07, 6.45) is 2.65. The highest BCUT2D eigenvalue weighted by Crippen LogP contribution is 2.40. The molecule has 0 bridgehead atoms. The van der Waals surface area contributed by atoms with Crippen LogP contribution in [0.2, 0.25) is 0 Å². The zero-order valence-electron chi connectivity index (χ0n) is 9.79. The molecule has 88 valence electrons. The summed E-state index contributed by atoms with van der Waals surface area (Å²) in [6.45, 7) is 4.98. The van der Waals surface area contributed by atoms with Gasteiger partial charge in [-0.25, -0.2) is 4.79 Å². The fraction of sp³-hybridized carbons (Fsp3) is 0.727. The van der Waals surface area contributed by atoms with E-state index in [0.717, 1.165) is 19.3 Å². The maximum absolute atomic E-state index is 12.2. The van der Waals surface area contributed by atoms with E-state index in [1.165, 1.54) is 4.90 Å². The van der Waals surface area contributed by atoms with Crippen molar-refractivity contribution in [2.45, 2.75) is 45.6 Å². The van der Waals surface area contributed by atoms with Gasteiger partial charge in [-0.1, -0.05) is 0 Å². The van der Waals surface area contributed by atoms with Gasteiger partial charge in [0, 0.05) is 5.54 Å². The standard InChI is InChI=1S/C11H16N2O3/c1-10(2)7(14)12-9(16)13(8(10)15)11(3)5-4-6-11/h4-6H2,1-3H3,(H,12,14,16). The first-order chi connectivity index (χ1) is 7.29. The third kappa shape index (κ3) is 1.27. The van der Waals surface area contributed by atoms with Gasteiger partial charge in [0.2, 0.25) is 11.8 Å². The molecule has 0 atom stereocenters. The lowest BCUT2D eigenvalue weighted by Gasteiger charge is -2.50. The fourth-order valence-electron chi connectivity index (χ4n) is 2.18. The van der Waals surface area contributed by atoms with Gasteiger partial charge in [-0.05, 0) is 40.0 Å². The number of hydrogen-bond donors (Lipinski definition) is 1. The number of nitrogens with zero attached hydrogens (tertiary/aromatic N) is 1. The summed E-state index contributed by atoms with van der Waals surface area (Å²) in [5.41, 5.74) is -1.55. The molecule has 0 unspecified atom stereocenters. The van der Waals surface area contributed by atoms with E-state index in [1.807, 2.05) is 6.92 Å². The Bertz CT molecular complexity index is 383. The van der Waals surface area contributed by atoms with Crippen LogP contribution in [0.25, 0.3) is 0 Å². The molecule has 1 N–H and O–H groups in total. The summed E-state index contributed by atoms with van der Waals surface area (Å²) in [4.78, 5) is 36.6. The van der Waals surface area contributed by atoms with Crippen LogP contribution in [0.3, 0.4) is 0 Å². The molecule has 2 aliphatic rings. The number of barbiturate groups is 1. The van der Waals surface area contributed by atoms with E-state index in [4.69, 9.17) is 0 Å². The quantitative estimate of drug-likeness (QED) is 0.676. The van der Waals surface area contributed by atoms with Crippen LogP contribution in [0.5, 0.6) is 0 Å². The number of carbonyl (C=O) groups excluding carboxylic acids is 3. The van der Waals surface area contributed by atoms with E-state index in [-0.39, 0.29) is 5.91 Å². The summed E-state index contributed by atoms with van der Waals surface area (Å²) in [5.74, 6) is -0.898. The average Bonchev–Trinajstić information content (AvgIpc) is 2.13. The minimum absolute atomic E-state index is 0.386. The number of urea groups is 1. The highest BCUT2D eigenvalue weighted by Gasteiger charge is 2.54. The molecule has 2 fully saturated rings. The molecule has 1 heterocycles. The number of nitrogens with one attached hydrogen (secondary N) is 1. The third-order valence-corrected chi connectivity index (χ3v) is 3.70. The van der Waals surface area contributed by atoms with Crippen molar-refractivity contribution < 1.29 is 14.4 Å². The van der Waals surface area contributed by atoms with Gasteiger partial charge in [-0.2, -0.15) is 0 Å². The van der Waals surface area contributed by atoms with Gasteiger partial charge >= 0.3 is 6.03 Å². The van der Waals surface area contributed by atoms with Gasteiger partial charge in [-0.15, -0.1) is 0 Å². The topological polar surface area (TPSA) is 66.5 Å². The van der Waals surface area contributed by atoms with Crippen LogP contribution in [-0.2, 0) is 9.59 Å². The molecule has 4 amide bonds. The summed E-state index contributed by atoms with van der Waals surface area (Å²) in [5, 5.41) is 2.25. The second-order valence-corrected chi connectivity index (χ2v) is 5.38. The predicted octanol–water partition coefficient (Wildman–Crippen LogP) is 1.03. The van der Waals surface area contributed by atoms with Crippen molar-refractivity contribution in [1.82, 2.24) is 10.2 Å². The van der Waals surface area contributed by atoms with Crippen molar-refractivity contribution in [1.29, 1.82) is 0 Å². The van der Waals surface area contributed by atoms with Crippen LogP contribution >= 0.6 is 0 Å². The molecule has 1 aliphatic heterocycles. The second kappa shape index (κ2) is 3.06. The first-order valence-electron chi connectivity index (χ1n) is 5.49. The molecule has 16 heavy (non-hydrogen) atoms. The molecule has 0 spiro atoms. The summed E-state index contributed by atoms with van der Waals surface area (Å²) in [7, 11) is 0. The van der Waals surface area contributed by atoms with Crippen LogP contribution in [0.4, 0.5) is 4.79 Å². The molecule has 2 rings (SSSR count). The Hall–Kier alpha value is -1.39. The van der Waals surface area contributed by atoms with Crippen LogP contribution in [0.1, 0.15) is 40.0 Å². The number of amides is 4.